The second kappa shape index (κ2) is 4.14. The molecule has 1 aromatic heterocycles. The number of aromatic amines is 1. The van der Waals surface area contributed by atoms with E-state index < -0.39 is 16.5 Å². The van der Waals surface area contributed by atoms with Gasteiger partial charge in [0.25, 0.3) is 0 Å². The first-order valence-electron chi connectivity index (χ1n) is 7.07. The van der Waals surface area contributed by atoms with Crippen LogP contribution in [0.15, 0.2) is 22.6 Å². The summed E-state index contributed by atoms with van der Waals surface area (Å²) in [4.78, 5) is 30.7. The average Bonchev–Trinajstić information content (AvgIpc) is 2.43. The molecule has 3 rings (SSSR count). The van der Waals surface area contributed by atoms with E-state index >= 15 is 0 Å². The van der Waals surface area contributed by atoms with E-state index in [1.54, 1.807) is 12.3 Å². The normalized spacial score (nSPS) is 29.9. The van der Waals surface area contributed by atoms with Gasteiger partial charge in [0.05, 0.1) is 5.57 Å². The molecule has 5 heteroatoms. The summed E-state index contributed by atoms with van der Waals surface area (Å²) in [6, 6.07) is 2.02. The third-order valence-corrected chi connectivity index (χ3v) is 5.12. The topological polar surface area (TPSA) is 86.6 Å². The van der Waals surface area contributed by atoms with Gasteiger partial charge in [-0.3, -0.25) is 4.79 Å². The zero-order chi connectivity index (χ0) is 15.4. The first kappa shape index (κ1) is 13.7. The van der Waals surface area contributed by atoms with E-state index in [-0.39, 0.29) is 17.3 Å². The molecule has 2 aliphatic carbocycles. The summed E-state index contributed by atoms with van der Waals surface area (Å²) in [5, 5.41) is 9.28. The van der Waals surface area contributed by atoms with Crippen molar-refractivity contribution in [3.63, 3.8) is 0 Å². The van der Waals surface area contributed by atoms with E-state index in [4.69, 9.17) is 0 Å². The van der Waals surface area contributed by atoms with Crippen LogP contribution < -0.4 is 5.69 Å². The standard InChI is InChI=1S/C16H17N3O2/c1-15(2)11-5-4-9-8-18-14(21)19-12(9)16(11,3)6-10(7-17)13(15)20/h6,8,11H,4-5H2,1-3H3,(H,18,19,21). The number of fused-ring (bicyclic) bond motifs is 3. The maximum Gasteiger partial charge on any atom is 0.345 e. The van der Waals surface area contributed by atoms with Crippen molar-refractivity contribution in [2.75, 3.05) is 0 Å². The van der Waals surface area contributed by atoms with Crippen LogP contribution in [-0.4, -0.2) is 15.8 Å². The fraction of sp³-hybridized carbons (Fsp3) is 0.500. The molecule has 1 N–H and O–H groups in total. The second-order valence-electron chi connectivity index (χ2n) is 6.68. The van der Waals surface area contributed by atoms with Gasteiger partial charge in [0.2, 0.25) is 0 Å². The molecule has 0 aromatic carbocycles. The molecule has 0 saturated carbocycles. The van der Waals surface area contributed by atoms with E-state index in [0.717, 1.165) is 24.1 Å². The van der Waals surface area contributed by atoms with Gasteiger partial charge >= 0.3 is 5.69 Å². The smallest absolute Gasteiger partial charge is 0.309 e. The molecule has 1 heterocycles. The minimum Gasteiger partial charge on any atom is -0.309 e. The number of aryl methyl sites for hydroxylation is 1. The van der Waals surface area contributed by atoms with Crippen LogP contribution in [0.4, 0.5) is 0 Å². The number of hydrogen-bond donors (Lipinski definition) is 1. The fourth-order valence-electron chi connectivity index (χ4n) is 4.10. The number of aromatic nitrogens is 2. The Morgan fingerprint density at radius 3 is 2.76 bits per heavy atom. The molecule has 1 aromatic rings. The van der Waals surface area contributed by atoms with Crippen molar-refractivity contribution < 1.29 is 4.79 Å². The van der Waals surface area contributed by atoms with Crippen LogP contribution in [-0.2, 0) is 16.6 Å². The summed E-state index contributed by atoms with van der Waals surface area (Å²) < 4.78 is 0. The summed E-state index contributed by atoms with van der Waals surface area (Å²) in [6.07, 6.45) is 4.97. The molecular weight excluding hydrogens is 266 g/mol. The van der Waals surface area contributed by atoms with Crippen LogP contribution >= 0.6 is 0 Å². The Labute approximate surface area is 122 Å². The zero-order valence-electron chi connectivity index (χ0n) is 12.4. The van der Waals surface area contributed by atoms with Gasteiger partial charge in [-0.05, 0) is 24.3 Å². The van der Waals surface area contributed by atoms with Crippen molar-refractivity contribution in [2.24, 2.45) is 11.3 Å². The minimum atomic E-state index is -0.619. The summed E-state index contributed by atoms with van der Waals surface area (Å²) in [6.45, 7) is 5.79. The Morgan fingerprint density at radius 2 is 2.10 bits per heavy atom. The van der Waals surface area contributed by atoms with Gasteiger partial charge in [-0.1, -0.05) is 26.8 Å². The Hall–Kier alpha value is -2.22. The number of ketones is 1. The molecule has 0 saturated heterocycles. The van der Waals surface area contributed by atoms with Gasteiger partial charge in [-0.15, -0.1) is 0 Å². The highest BCUT2D eigenvalue weighted by atomic mass is 16.1. The highest BCUT2D eigenvalue weighted by Crippen LogP contribution is 2.53. The highest BCUT2D eigenvalue weighted by Gasteiger charge is 2.54. The molecular formula is C16H17N3O2. The van der Waals surface area contributed by atoms with E-state index in [2.05, 4.69) is 9.97 Å². The molecule has 0 bridgehead atoms. The van der Waals surface area contributed by atoms with Crippen LogP contribution in [0.3, 0.4) is 0 Å². The maximum absolute atomic E-state index is 12.5. The average molecular weight is 283 g/mol. The van der Waals surface area contributed by atoms with Crippen LogP contribution in [0, 0.1) is 22.7 Å². The van der Waals surface area contributed by atoms with Crippen LogP contribution in [0.5, 0.6) is 0 Å². The maximum atomic E-state index is 12.5. The number of carbonyl (C=O) groups is 1. The summed E-state index contributed by atoms with van der Waals surface area (Å²) in [5.74, 6) is -0.0486. The number of hydrogen-bond acceptors (Lipinski definition) is 4. The molecule has 108 valence electrons. The van der Waals surface area contributed by atoms with Crippen molar-refractivity contribution in [3.05, 3.63) is 39.6 Å². The number of Topliss-reactive ketones (excluding diaryl/α,β-unsaturated/α-hetero) is 1. The van der Waals surface area contributed by atoms with Crippen LogP contribution in [0.2, 0.25) is 0 Å². The van der Waals surface area contributed by atoms with Gasteiger partial charge in [0.1, 0.15) is 6.07 Å². The predicted molar refractivity (Wildman–Crippen MR) is 76.5 cm³/mol. The van der Waals surface area contributed by atoms with Gasteiger partial charge in [-0.2, -0.15) is 5.26 Å². The number of carbonyl (C=O) groups excluding carboxylic acids is 1. The highest BCUT2D eigenvalue weighted by molar-refractivity contribution is 6.04. The molecule has 0 spiro atoms. The van der Waals surface area contributed by atoms with E-state index in [9.17, 15) is 14.9 Å². The molecule has 0 amide bonds. The summed E-state index contributed by atoms with van der Waals surface area (Å²) >= 11 is 0. The van der Waals surface area contributed by atoms with Crippen molar-refractivity contribution in [3.8, 4) is 6.07 Å². The monoisotopic (exact) mass is 283 g/mol. The number of nitrogens with one attached hydrogen (secondary N) is 1. The number of H-pyrrole nitrogens is 1. The van der Waals surface area contributed by atoms with E-state index in [1.165, 1.54) is 0 Å². The molecule has 2 atom stereocenters. The third-order valence-electron chi connectivity index (χ3n) is 5.12. The predicted octanol–water partition coefficient (Wildman–Crippen LogP) is 1.65. The Balaban J connectivity index is 2.32. The Bertz CT molecular complexity index is 766. The molecule has 0 aliphatic heterocycles. The Kier molecular flexibility index (Phi) is 2.71. The van der Waals surface area contributed by atoms with Crippen molar-refractivity contribution in [2.45, 2.75) is 39.0 Å². The Morgan fingerprint density at radius 1 is 1.38 bits per heavy atom. The number of nitriles is 1. The fourth-order valence-corrected chi connectivity index (χ4v) is 4.10. The summed E-state index contributed by atoms with van der Waals surface area (Å²) in [7, 11) is 0. The van der Waals surface area contributed by atoms with E-state index in [1.807, 2.05) is 26.8 Å². The van der Waals surface area contributed by atoms with Gasteiger partial charge in [-0.25, -0.2) is 9.78 Å². The first-order valence-corrected chi connectivity index (χ1v) is 7.07. The van der Waals surface area contributed by atoms with Crippen molar-refractivity contribution in [1.82, 2.24) is 9.97 Å². The third kappa shape index (κ3) is 1.72. The number of allylic oxidation sites excluding steroid dienone is 2. The zero-order valence-corrected chi connectivity index (χ0v) is 12.4. The van der Waals surface area contributed by atoms with E-state index in [0.29, 0.717) is 0 Å². The molecule has 21 heavy (non-hydrogen) atoms. The first-order chi connectivity index (χ1) is 9.80. The number of nitrogens with zero attached hydrogens (tertiary/aromatic N) is 2. The lowest BCUT2D eigenvalue weighted by molar-refractivity contribution is -0.128. The van der Waals surface area contributed by atoms with Crippen molar-refractivity contribution in [1.29, 1.82) is 5.26 Å². The SMILES string of the molecule is CC1(C)C(=O)C(C#N)=CC2(C)c3[nH]c(=O)ncc3CCC12. The number of rotatable bonds is 0. The lowest BCUT2D eigenvalue weighted by Gasteiger charge is -2.50. The quantitative estimate of drug-likeness (QED) is 0.784. The van der Waals surface area contributed by atoms with Crippen LogP contribution in [0.1, 0.15) is 38.4 Å². The molecule has 5 nitrogen and oxygen atoms in total. The largest absolute Gasteiger partial charge is 0.345 e. The molecule has 2 aliphatic rings. The minimum absolute atomic E-state index is 0.0557. The lowest BCUT2D eigenvalue weighted by Crippen LogP contribution is -2.52. The van der Waals surface area contributed by atoms with Gasteiger partial charge < -0.3 is 4.98 Å². The second-order valence-corrected chi connectivity index (χ2v) is 6.68. The molecule has 0 radical (unpaired) electrons. The van der Waals surface area contributed by atoms with Gasteiger partial charge in [0, 0.05) is 22.7 Å². The molecule has 2 unspecified atom stereocenters. The lowest BCUT2D eigenvalue weighted by atomic mass is 9.52. The van der Waals surface area contributed by atoms with Gasteiger partial charge in [0.15, 0.2) is 5.78 Å². The van der Waals surface area contributed by atoms with Crippen LogP contribution in [0.25, 0.3) is 0 Å². The van der Waals surface area contributed by atoms with Crippen molar-refractivity contribution >= 4 is 5.78 Å². The molecule has 0 fully saturated rings. The summed E-state index contributed by atoms with van der Waals surface area (Å²) in [5.41, 5.74) is 0.450.